The minimum atomic E-state index is -2.67. The van der Waals surface area contributed by atoms with Crippen LogP contribution in [0.25, 0.3) is 0 Å². The van der Waals surface area contributed by atoms with E-state index >= 15 is 0 Å². The number of alkyl halides is 2. The quantitative estimate of drug-likeness (QED) is 0.0926. The molecule has 8 aliphatic carbocycles. The first-order chi connectivity index (χ1) is 46.7. The fraction of sp³-hybridized carbons (Fsp3) is 0.851. The fourth-order valence-corrected chi connectivity index (χ4v) is 18.3. The molecule has 26 heteroatoms. The molecule has 100 heavy (non-hydrogen) atoms. The number of aliphatic hydroxyl groups excluding tert-OH is 7. The van der Waals surface area contributed by atoms with Crippen molar-refractivity contribution >= 4 is 64.2 Å². The van der Waals surface area contributed by atoms with Crippen molar-refractivity contribution < 1.29 is 97.3 Å². The van der Waals surface area contributed by atoms with Crippen molar-refractivity contribution in [3.63, 3.8) is 0 Å². The van der Waals surface area contributed by atoms with Gasteiger partial charge in [-0.1, -0.05) is 26.2 Å². The van der Waals surface area contributed by atoms with E-state index < -0.39 is 71.9 Å². The van der Waals surface area contributed by atoms with E-state index in [9.17, 15) is 92.2 Å². The summed E-state index contributed by atoms with van der Waals surface area (Å²) in [6, 6.07) is -3.34. The highest BCUT2D eigenvalue weighted by molar-refractivity contribution is 5.97. The van der Waals surface area contributed by atoms with Gasteiger partial charge in [-0.05, 0) is 203 Å². The maximum atomic E-state index is 13.1. The third-order valence-electron chi connectivity index (χ3n) is 25.2. The first-order valence-corrected chi connectivity index (χ1v) is 37.2. The summed E-state index contributed by atoms with van der Waals surface area (Å²) in [5.74, 6) is -2.47. The number of primary amides is 1. The first-order valence-electron chi connectivity index (χ1n) is 37.2. The number of nitrogens with zero attached hydrogens (tertiary/aromatic N) is 4. The van der Waals surface area contributed by atoms with Crippen molar-refractivity contribution in [2.45, 2.75) is 327 Å². The van der Waals surface area contributed by atoms with Gasteiger partial charge < -0.3 is 66.4 Å². The van der Waals surface area contributed by atoms with E-state index in [-0.39, 0.29) is 124 Å². The van der Waals surface area contributed by atoms with Crippen LogP contribution < -0.4 is 11.1 Å². The third-order valence-corrected chi connectivity index (χ3v) is 25.2. The van der Waals surface area contributed by atoms with Crippen LogP contribution in [-0.4, -0.2) is 231 Å². The lowest BCUT2D eigenvalue weighted by Crippen LogP contribution is -2.68. The zero-order valence-corrected chi connectivity index (χ0v) is 60.8. The molecule has 9 atom stereocenters. The monoisotopic (exact) mass is 1420 g/mol. The smallest absolute Gasteiger partial charge is 0.248 e. The van der Waals surface area contributed by atoms with Gasteiger partial charge in [-0.15, -0.1) is 0 Å². The van der Waals surface area contributed by atoms with Gasteiger partial charge in [0.15, 0.2) is 23.1 Å². The van der Waals surface area contributed by atoms with Crippen LogP contribution in [0, 0.1) is 38.4 Å². The predicted molar refractivity (Wildman–Crippen MR) is 363 cm³/mol. The molecule has 5 amide bonds. The Labute approximate surface area is 588 Å². The first kappa shape index (κ1) is 82.2. The normalized spacial score (nSPS) is 27.7. The van der Waals surface area contributed by atoms with Crippen molar-refractivity contribution in [3.05, 3.63) is 0 Å². The maximum Gasteiger partial charge on any atom is 0.248 e. The van der Waals surface area contributed by atoms with Gasteiger partial charge in [-0.2, -0.15) is 0 Å². The van der Waals surface area contributed by atoms with E-state index in [1.807, 2.05) is 0 Å². The van der Waals surface area contributed by atoms with Gasteiger partial charge in [0, 0.05) is 68.7 Å². The van der Waals surface area contributed by atoms with Crippen LogP contribution in [0.3, 0.4) is 0 Å². The summed E-state index contributed by atoms with van der Waals surface area (Å²) in [7, 11) is 0. The molecular weight excluding hydrogens is 1300 g/mol. The number of likely N-dealkylation sites (tertiary alicyclic amines) is 4. The van der Waals surface area contributed by atoms with E-state index in [1.165, 1.54) is 57.8 Å². The van der Waals surface area contributed by atoms with Crippen molar-refractivity contribution in [1.29, 1.82) is 0 Å². The van der Waals surface area contributed by atoms with Crippen molar-refractivity contribution in [1.82, 2.24) is 24.9 Å². The summed E-state index contributed by atoms with van der Waals surface area (Å²) in [5.41, 5.74) is 3.76. The molecule has 4 saturated heterocycles. The second-order valence-corrected chi connectivity index (χ2v) is 32.6. The molecule has 12 fully saturated rings. The number of β-lactam (4-membered cyclic amide) rings is 4. The molecule has 12 rings (SSSR count). The largest absolute Gasteiger partial charge is 0.394 e. The minimum absolute atomic E-state index is 0.0319. The molecule has 4 heterocycles. The van der Waals surface area contributed by atoms with Gasteiger partial charge in [0.05, 0.1) is 64.9 Å². The SMILES string of the molecule is CC(=O)C(CO)N1CC2(CCCCC2)C1=O.CC(=O)C([C@@H](C)O)N1CC2(CCC(C)CC2)C1=O.CC(=O)C([C@@H](C)O)N1CC2(CCC(F)(F)CC2)C1=O.CC(=O)C([C@@H](C)O)N1CC2(CCC(O)CC2)C1=O.C[C@@H](O)C(NC1CCC2(CCC2=O)CC1)C(N)=O.O=C1CCC12CCC(O)CC2. The number of hydrogen-bond acceptors (Lipinski definition) is 19. The van der Waals surface area contributed by atoms with Gasteiger partial charge in [0.25, 0.3) is 0 Å². The zero-order chi connectivity index (χ0) is 74.4. The fourth-order valence-electron chi connectivity index (χ4n) is 18.3. The second kappa shape index (κ2) is 33.3. The summed E-state index contributed by atoms with van der Waals surface area (Å²) in [4.78, 5) is 135. The summed E-state index contributed by atoms with van der Waals surface area (Å²) in [6.07, 6.45) is 18.8. The van der Waals surface area contributed by atoms with Crippen LogP contribution in [0.1, 0.15) is 249 Å². The Balaban J connectivity index is 0.000000170. The van der Waals surface area contributed by atoms with Crippen LogP contribution in [-0.2, 0) is 52.7 Å². The van der Waals surface area contributed by atoms with Crippen LogP contribution >= 0.6 is 0 Å². The number of amides is 5. The van der Waals surface area contributed by atoms with Crippen LogP contribution in [0.4, 0.5) is 8.78 Å². The number of ketones is 6. The molecule has 0 aromatic rings. The molecule has 0 aromatic carbocycles. The number of halogens is 2. The Hall–Kier alpha value is -5.09. The topological polar surface area (TPSA) is 380 Å². The summed E-state index contributed by atoms with van der Waals surface area (Å²) in [6.45, 7) is 15.8. The molecule has 5 unspecified atom stereocenters. The maximum absolute atomic E-state index is 13.1. The number of carbonyl (C=O) groups is 11. The van der Waals surface area contributed by atoms with Crippen LogP contribution in [0.5, 0.6) is 0 Å². The highest BCUT2D eigenvalue weighted by Crippen LogP contribution is 2.53. The Kier molecular flexibility index (Phi) is 27.4. The number of carbonyl (C=O) groups excluding carboxylic acids is 11. The molecule has 0 bridgehead atoms. The predicted octanol–water partition coefficient (Wildman–Crippen LogP) is 4.92. The average molecular weight is 1420 g/mol. The molecule has 10 N–H and O–H groups in total. The molecule has 12 aliphatic rings. The Bertz CT molecular complexity index is 2880. The highest BCUT2D eigenvalue weighted by atomic mass is 19.3. The van der Waals surface area contributed by atoms with E-state index in [1.54, 1.807) is 23.6 Å². The zero-order valence-electron chi connectivity index (χ0n) is 60.8. The second-order valence-electron chi connectivity index (χ2n) is 32.6. The lowest BCUT2D eigenvalue weighted by Gasteiger charge is -2.54. The number of nitrogens with two attached hydrogens (primary N) is 1. The average Bonchev–Trinajstić information content (AvgIpc) is 0.746. The van der Waals surface area contributed by atoms with Crippen LogP contribution in [0.15, 0.2) is 0 Å². The molecule has 566 valence electrons. The number of hydrogen-bond donors (Lipinski definition) is 9. The van der Waals surface area contributed by atoms with Crippen molar-refractivity contribution in [2.24, 2.45) is 44.1 Å². The van der Waals surface area contributed by atoms with Crippen LogP contribution in [0.2, 0.25) is 0 Å². The molecule has 4 aliphatic heterocycles. The van der Waals surface area contributed by atoms with Gasteiger partial charge in [0.1, 0.15) is 41.8 Å². The van der Waals surface area contributed by atoms with E-state index in [4.69, 9.17) is 10.8 Å². The van der Waals surface area contributed by atoms with Crippen molar-refractivity contribution in [2.75, 3.05) is 32.8 Å². The van der Waals surface area contributed by atoms with E-state index in [0.717, 1.165) is 128 Å². The Morgan fingerprint density at radius 2 is 0.770 bits per heavy atom. The van der Waals surface area contributed by atoms with Gasteiger partial charge in [0.2, 0.25) is 35.5 Å². The third kappa shape index (κ3) is 18.0. The Morgan fingerprint density at radius 3 is 1.05 bits per heavy atom. The number of rotatable bonds is 16. The molecule has 6 spiro atoms. The van der Waals surface area contributed by atoms with E-state index in [2.05, 4.69) is 12.2 Å². The summed E-state index contributed by atoms with van der Waals surface area (Å²) >= 11 is 0. The van der Waals surface area contributed by atoms with Gasteiger partial charge in [-0.25, -0.2) is 8.78 Å². The Morgan fingerprint density at radius 1 is 0.450 bits per heavy atom. The minimum Gasteiger partial charge on any atom is -0.394 e. The molecular formula is C74H118F2N6O18. The molecule has 24 nitrogen and oxygen atoms in total. The lowest BCUT2D eigenvalue weighted by atomic mass is 9.59. The van der Waals surface area contributed by atoms with Gasteiger partial charge in [-0.3, -0.25) is 52.7 Å². The highest BCUT2D eigenvalue weighted by Gasteiger charge is 2.61. The standard InChI is InChI=1S/C14H23NO3.C13H19F2NO3.C13H22N2O3.C13H21NO4.C12H19NO3.C9H14O2/c1-9-4-6-14(7-5-9)8-15(13(14)18)12(10(2)16)11(3)17;1-8(17)10(9(2)18)16-7-12(11(16)19)3-5-13(14,15)6-4-12;1-8(16)11(12(14)18)15-9-2-5-13(6-3-9)7-4-10(13)17;1-8(15)11(9(2)16)14-7-13(12(14)18)5-3-10(17)4-6-13;1-9(15)10(7-14)13-8-12(11(13)16)5-3-2-4-6-12;10-7-1-4-9(5-2-7)6-3-8(9)11/h9-10,12,16H,4-8H2,1-3H3;8,10,17H,3-7H2,1-2H3;8-9,11,15-16H,2-7H2,1H3,(H2,14,18);8,10-11,15,17H,3-7H2,1-2H3;10,14H,2-8H2,1H3;7,10H,1-6H2/t9?,10-,12?,14?;8-,10?;8-,9?,11?,13?;8-,10?,11?,13?;;/m1111../s1. The molecule has 0 aromatic heterocycles. The number of Topliss-reactive ketones (excluding diaryl/α,β-unsaturated/α-hetero) is 6. The van der Waals surface area contributed by atoms with Crippen molar-refractivity contribution in [3.8, 4) is 0 Å². The summed E-state index contributed by atoms with van der Waals surface area (Å²) in [5, 5.41) is 69.3. The molecule has 0 radical (unpaired) electrons. The van der Waals surface area contributed by atoms with Gasteiger partial charge >= 0.3 is 0 Å². The number of aliphatic hydroxyl groups is 7. The van der Waals surface area contributed by atoms with E-state index in [0.29, 0.717) is 69.3 Å². The summed E-state index contributed by atoms with van der Waals surface area (Å²) < 4.78 is 26.3. The lowest BCUT2D eigenvalue weighted by molar-refractivity contribution is -0.182. The molecule has 8 saturated carbocycles. The number of nitrogens with one attached hydrogen (secondary N) is 1.